The van der Waals surface area contributed by atoms with Crippen LogP contribution in [0.2, 0.25) is 0 Å². The van der Waals surface area contributed by atoms with Gasteiger partial charge in [0.15, 0.2) is 0 Å². The molecule has 1 aromatic rings. The van der Waals surface area contributed by atoms with Crippen molar-refractivity contribution in [3.8, 4) is 0 Å². The number of nitrogens with zero attached hydrogens (tertiary/aromatic N) is 4. The number of hydrogen-bond acceptors (Lipinski definition) is 7. The van der Waals surface area contributed by atoms with E-state index >= 15 is 0 Å². The van der Waals surface area contributed by atoms with Gasteiger partial charge in [-0.05, 0) is 32.6 Å². The number of anilines is 2. The van der Waals surface area contributed by atoms with E-state index in [-0.39, 0.29) is 29.7 Å². The maximum absolute atomic E-state index is 11.5. The molecular formula is C13H19N5O3. The molecule has 0 radical (unpaired) electrons. The van der Waals surface area contributed by atoms with Gasteiger partial charge < -0.3 is 15.3 Å². The molecule has 8 heteroatoms. The third-order valence-electron chi connectivity index (χ3n) is 4.28. The third kappa shape index (κ3) is 2.39. The van der Waals surface area contributed by atoms with Crippen molar-refractivity contribution < 1.29 is 10.0 Å². The van der Waals surface area contributed by atoms with Crippen LogP contribution in [0.25, 0.3) is 0 Å². The summed E-state index contributed by atoms with van der Waals surface area (Å²) in [6.07, 6.45) is 4.24. The second-order valence-electron chi connectivity index (χ2n) is 5.60. The Kier molecular flexibility index (Phi) is 3.62. The molecule has 114 valence electrons. The number of nitrogens with one attached hydrogen (secondary N) is 1. The number of rotatable bonds is 4. The molecule has 2 unspecified atom stereocenters. The summed E-state index contributed by atoms with van der Waals surface area (Å²) in [7, 11) is 0. The first kappa shape index (κ1) is 14.0. The van der Waals surface area contributed by atoms with Crippen molar-refractivity contribution in [2.75, 3.05) is 16.8 Å². The Morgan fingerprint density at radius 3 is 2.67 bits per heavy atom. The minimum atomic E-state index is -0.419. The van der Waals surface area contributed by atoms with Gasteiger partial charge in [0.05, 0.1) is 11.0 Å². The predicted octanol–water partition coefficient (Wildman–Crippen LogP) is 1.31. The molecule has 2 N–H and O–H groups in total. The van der Waals surface area contributed by atoms with Crippen LogP contribution in [0.5, 0.6) is 0 Å². The fourth-order valence-corrected chi connectivity index (χ4v) is 3.52. The van der Waals surface area contributed by atoms with Gasteiger partial charge in [-0.1, -0.05) is 0 Å². The first-order valence-corrected chi connectivity index (χ1v) is 7.31. The van der Waals surface area contributed by atoms with E-state index in [1.54, 1.807) is 0 Å². The summed E-state index contributed by atoms with van der Waals surface area (Å²) >= 11 is 0. The van der Waals surface area contributed by atoms with Gasteiger partial charge in [-0.2, -0.15) is 0 Å². The molecule has 1 aromatic heterocycles. The SMILES string of the molecule is CCNc1ncnc(N2C3CCC2CC(O)C3)c1[N+](=O)[O-]. The summed E-state index contributed by atoms with van der Waals surface area (Å²) in [6, 6.07) is 0.253. The van der Waals surface area contributed by atoms with Crippen molar-refractivity contribution in [3.05, 3.63) is 16.4 Å². The molecule has 2 bridgehead atoms. The molecule has 2 saturated heterocycles. The molecule has 0 aromatic carbocycles. The van der Waals surface area contributed by atoms with E-state index < -0.39 is 4.92 Å². The summed E-state index contributed by atoms with van der Waals surface area (Å²) in [5.41, 5.74) is -0.0624. The van der Waals surface area contributed by atoms with Gasteiger partial charge in [0.2, 0.25) is 11.6 Å². The van der Waals surface area contributed by atoms with Crippen LogP contribution in [0.1, 0.15) is 32.6 Å². The summed E-state index contributed by atoms with van der Waals surface area (Å²) in [6.45, 7) is 2.43. The van der Waals surface area contributed by atoms with Gasteiger partial charge in [0, 0.05) is 18.6 Å². The van der Waals surface area contributed by atoms with E-state index in [1.807, 2.05) is 11.8 Å². The summed E-state index contributed by atoms with van der Waals surface area (Å²) in [4.78, 5) is 21.2. The van der Waals surface area contributed by atoms with E-state index in [2.05, 4.69) is 15.3 Å². The molecule has 2 aliphatic rings. The highest BCUT2D eigenvalue weighted by molar-refractivity contribution is 5.71. The van der Waals surface area contributed by atoms with Crippen molar-refractivity contribution in [2.45, 2.75) is 50.8 Å². The average Bonchev–Trinajstić information content (AvgIpc) is 2.70. The van der Waals surface area contributed by atoms with E-state index in [9.17, 15) is 15.2 Å². The number of aliphatic hydroxyl groups excluding tert-OH is 1. The van der Waals surface area contributed by atoms with Crippen molar-refractivity contribution in [1.82, 2.24) is 9.97 Å². The van der Waals surface area contributed by atoms with Crippen molar-refractivity contribution in [2.24, 2.45) is 0 Å². The number of hydrogen-bond donors (Lipinski definition) is 2. The lowest BCUT2D eigenvalue weighted by Crippen LogP contribution is -2.45. The van der Waals surface area contributed by atoms with Crippen LogP contribution in [0, 0.1) is 10.1 Å². The Balaban J connectivity index is 2.02. The maximum atomic E-state index is 11.5. The van der Waals surface area contributed by atoms with Crippen molar-refractivity contribution >= 4 is 17.3 Å². The van der Waals surface area contributed by atoms with E-state index in [0.717, 1.165) is 12.8 Å². The van der Waals surface area contributed by atoms with E-state index in [0.29, 0.717) is 25.2 Å². The summed E-state index contributed by atoms with van der Waals surface area (Å²) < 4.78 is 0. The number of aromatic nitrogens is 2. The van der Waals surface area contributed by atoms with Crippen LogP contribution in [0.3, 0.4) is 0 Å². The number of piperidine rings is 1. The molecule has 3 rings (SSSR count). The topological polar surface area (TPSA) is 104 Å². The maximum Gasteiger partial charge on any atom is 0.353 e. The zero-order valence-electron chi connectivity index (χ0n) is 11.9. The van der Waals surface area contributed by atoms with Gasteiger partial charge in [-0.3, -0.25) is 10.1 Å². The van der Waals surface area contributed by atoms with E-state index in [4.69, 9.17) is 0 Å². The average molecular weight is 293 g/mol. The third-order valence-corrected chi connectivity index (χ3v) is 4.28. The monoisotopic (exact) mass is 293 g/mol. The Bertz CT molecular complexity index is 539. The molecule has 0 amide bonds. The molecule has 3 heterocycles. The van der Waals surface area contributed by atoms with Crippen LogP contribution in [0.15, 0.2) is 6.33 Å². The molecule has 2 fully saturated rings. The molecule has 0 saturated carbocycles. The minimum Gasteiger partial charge on any atom is -0.393 e. The minimum absolute atomic E-state index is 0.0624. The van der Waals surface area contributed by atoms with Gasteiger partial charge >= 0.3 is 5.69 Å². The van der Waals surface area contributed by atoms with Gasteiger partial charge in [0.1, 0.15) is 6.33 Å². The van der Waals surface area contributed by atoms with Crippen LogP contribution in [-0.4, -0.2) is 44.7 Å². The van der Waals surface area contributed by atoms with Crippen LogP contribution >= 0.6 is 0 Å². The molecule has 0 aliphatic carbocycles. The first-order chi connectivity index (χ1) is 10.1. The Hall–Kier alpha value is -1.96. The van der Waals surface area contributed by atoms with Crippen LogP contribution < -0.4 is 10.2 Å². The second kappa shape index (κ2) is 5.44. The normalized spacial score (nSPS) is 27.7. The molecule has 2 aliphatic heterocycles. The Morgan fingerprint density at radius 1 is 1.43 bits per heavy atom. The van der Waals surface area contributed by atoms with Crippen molar-refractivity contribution in [3.63, 3.8) is 0 Å². The highest BCUT2D eigenvalue weighted by atomic mass is 16.6. The van der Waals surface area contributed by atoms with Crippen LogP contribution in [0.4, 0.5) is 17.3 Å². The zero-order valence-corrected chi connectivity index (χ0v) is 11.9. The fraction of sp³-hybridized carbons (Fsp3) is 0.692. The lowest BCUT2D eigenvalue weighted by molar-refractivity contribution is -0.383. The molecule has 2 atom stereocenters. The lowest BCUT2D eigenvalue weighted by Gasteiger charge is -2.37. The summed E-state index contributed by atoms with van der Waals surface area (Å²) in [5.74, 6) is 0.642. The van der Waals surface area contributed by atoms with Crippen molar-refractivity contribution in [1.29, 1.82) is 0 Å². The quantitative estimate of drug-likeness (QED) is 0.637. The first-order valence-electron chi connectivity index (χ1n) is 7.31. The molecule has 0 spiro atoms. The largest absolute Gasteiger partial charge is 0.393 e. The predicted molar refractivity (Wildman–Crippen MR) is 77.4 cm³/mol. The second-order valence-corrected chi connectivity index (χ2v) is 5.60. The Morgan fingerprint density at radius 2 is 2.10 bits per heavy atom. The van der Waals surface area contributed by atoms with Crippen LogP contribution in [-0.2, 0) is 0 Å². The van der Waals surface area contributed by atoms with E-state index in [1.165, 1.54) is 6.33 Å². The highest BCUT2D eigenvalue weighted by Gasteiger charge is 2.44. The molecule has 8 nitrogen and oxygen atoms in total. The molecular weight excluding hydrogens is 274 g/mol. The van der Waals surface area contributed by atoms with Gasteiger partial charge in [0.25, 0.3) is 0 Å². The standard InChI is InChI=1S/C13H19N5O3/c1-2-14-12-11(18(20)21)13(16-7-15-12)17-8-3-4-9(17)6-10(19)5-8/h7-10,19H,2-6H2,1H3,(H,14,15,16). The Labute approximate surface area is 122 Å². The summed E-state index contributed by atoms with van der Waals surface area (Å²) in [5, 5.41) is 24.3. The highest BCUT2D eigenvalue weighted by Crippen LogP contribution is 2.43. The van der Waals surface area contributed by atoms with Gasteiger partial charge in [-0.25, -0.2) is 9.97 Å². The molecule has 21 heavy (non-hydrogen) atoms. The fourth-order valence-electron chi connectivity index (χ4n) is 3.52. The zero-order chi connectivity index (χ0) is 15.0. The number of nitro groups is 1. The number of aliphatic hydroxyl groups is 1. The van der Waals surface area contributed by atoms with Gasteiger partial charge in [-0.15, -0.1) is 0 Å². The smallest absolute Gasteiger partial charge is 0.353 e. The lowest BCUT2D eigenvalue weighted by atomic mass is 10.00. The number of fused-ring (bicyclic) bond motifs is 2.